The summed E-state index contributed by atoms with van der Waals surface area (Å²) in [6.07, 6.45) is 27.0. The third-order valence-corrected chi connectivity index (χ3v) is 7.59. The number of aromatic nitrogens is 2. The molecule has 0 N–H and O–H groups in total. The van der Waals surface area contributed by atoms with Crippen LogP contribution in [-0.4, -0.2) is 9.97 Å². The van der Waals surface area contributed by atoms with Gasteiger partial charge in [-0.2, -0.15) is 0 Å². The van der Waals surface area contributed by atoms with Gasteiger partial charge in [0.1, 0.15) is 5.82 Å². The molecule has 2 aromatic rings. The fraction of sp³-hybridized carbons (Fsp3) is 0.677. The smallest absolute Gasteiger partial charge is 0.135 e. The van der Waals surface area contributed by atoms with Crippen molar-refractivity contribution >= 4 is 0 Å². The van der Waals surface area contributed by atoms with Crippen molar-refractivity contribution in [1.82, 2.24) is 9.97 Å². The van der Waals surface area contributed by atoms with Gasteiger partial charge in [0.15, 0.2) is 0 Å². The van der Waals surface area contributed by atoms with Gasteiger partial charge in [-0.15, -0.1) is 0 Å². The second-order valence-corrected chi connectivity index (χ2v) is 10.4. The molecule has 0 bridgehead atoms. The van der Waals surface area contributed by atoms with Gasteiger partial charge in [0.05, 0.1) is 0 Å². The van der Waals surface area contributed by atoms with E-state index < -0.39 is 0 Å². The fourth-order valence-electron chi connectivity index (χ4n) is 5.60. The van der Waals surface area contributed by atoms with Gasteiger partial charge in [0, 0.05) is 18.3 Å². The van der Waals surface area contributed by atoms with E-state index in [2.05, 4.69) is 50.5 Å². The molecular formula is C31H48N2. The maximum absolute atomic E-state index is 4.92. The molecule has 0 aliphatic heterocycles. The van der Waals surface area contributed by atoms with E-state index in [-0.39, 0.29) is 0 Å². The Morgan fingerprint density at radius 3 is 1.94 bits per heavy atom. The standard InChI is InChI=1S/C31H48N2/c1-3-5-7-9-11-12-13-15-19-26-24-32-31(33-25-26)30-28(21-16-14-10-8-6-4-2)23-27-20-17-18-22-29(27)30/h17-18,20,22,24-25,28,30H,3-16,19,21,23H2,1-2H3. The van der Waals surface area contributed by atoms with Crippen LogP contribution in [0.5, 0.6) is 0 Å². The Morgan fingerprint density at radius 2 is 1.27 bits per heavy atom. The molecule has 2 heteroatoms. The van der Waals surface area contributed by atoms with E-state index in [1.165, 1.54) is 119 Å². The summed E-state index contributed by atoms with van der Waals surface area (Å²) in [6, 6.07) is 9.02. The van der Waals surface area contributed by atoms with Gasteiger partial charge in [-0.3, -0.25) is 0 Å². The van der Waals surface area contributed by atoms with Crippen LogP contribution in [0, 0.1) is 5.92 Å². The van der Waals surface area contributed by atoms with E-state index >= 15 is 0 Å². The van der Waals surface area contributed by atoms with Crippen molar-refractivity contribution in [3.05, 3.63) is 59.2 Å². The van der Waals surface area contributed by atoms with Crippen molar-refractivity contribution in [1.29, 1.82) is 0 Å². The number of benzene rings is 1. The highest BCUT2D eigenvalue weighted by molar-refractivity contribution is 5.40. The van der Waals surface area contributed by atoms with Gasteiger partial charge < -0.3 is 0 Å². The van der Waals surface area contributed by atoms with Gasteiger partial charge in [-0.05, 0) is 48.3 Å². The molecule has 3 rings (SSSR count). The van der Waals surface area contributed by atoms with Crippen molar-refractivity contribution in [2.45, 2.75) is 129 Å². The van der Waals surface area contributed by atoms with Gasteiger partial charge in [0.2, 0.25) is 0 Å². The number of unbranched alkanes of at least 4 members (excludes halogenated alkanes) is 12. The Bertz CT molecular complexity index is 767. The van der Waals surface area contributed by atoms with E-state index in [1.54, 1.807) is 0 Å². The Hall–Kier alpha value is -1.70. The molecule has 182 valence electrons. The molecule has 1 aliphatic rings. The summed E-state index contributed by atoms with van der Waals surface area (Å²) in [4.78, 5) is 9.83. The first kappa shape index (κ1) is 25.9. The molecule has 0 fully saturated rings. The number of hydrogen-bond acceptors (Lipinski definition) is 2. The zero-order valence-corrected chi connectivity index (χ0v) is 21.5. The Balaban J connectivity index is 1.49. The van der Waals surface area contributed by atoms with Crippen LogP contribution in [0.4, 0.5) is 0 Å². The minimum absolute atomic E-state index is 0.383. The lowest BCUT2D eigenvalue weighted by atomic mass is 9.87. The van der Waals surface area contributed by atoms with Crippen molar-refractivity contribution in [2.75, 3.05) is 0 Å². The molecule has 1 heterocycles. The molecule has 2 nitrogen and oxygen atoms in total. The summed E-state index contributed by atoms with van der Waals surface area (Å²) in [5.74, 6) is 2.09. The summed E-state index contributed by atoms with van der Waals surface area (Å²) in [5.41, 5.74) is 4.30. The van der Waals surface area contributed by atoms with E-state index in [9.17, 15) is 0 Å². The quantitative estimate of drug-likeness (QED) is 0.225. The zero-order chi connectivity index (χ0) is 23.1. The molecule has 1 aliphatic carbocycles. The summed E-state index contributed by atoms with van der Waals surface area (Å²) in [6.45, 7) is 4.58. The largest absolute Gasteiger partial charge is 0.240 e. The first-order chi connectivity index (χ1) is 16.3. The van der Waals surface area contributed by atoms with Crippen molar-refractivity contribution < 1.29 is 0 Å². The second kappa shape index (κ2) is 15.3. The second-order valence-electron chi connectivity index (χ2n) is 10.4. The predicted molar refractivity (Wildman–Crippen MR) is 142 cm³/mol. The van der Waals surface area contributed by atoms with Gasteiger partial charge in [0.25, 0.3) is 0 Å². The van der Waals surface area contributed by atoms with E-state index in [0.717, 1.165) is 12.2 Å². The first-order valence-corrected chi connectivity index (χ1v) is 14.2. The molecule has 33 heavy (non-hydrogen) atoms. The maximum Gasteiger partial charge on any atom is 0.135 e. The topological polar surface area (TPSA) is 25.8 Å². The van der Waals surface area contributed by atoms with E-state index in [0.29, 0.717) is 11.8 Å². The van der Waals surface area contributed by atoms with Crippen LogP contribution in [0.1, 0.15) is 139 Å². The third-order valence-electron chi connectivity index (χ3n) is 7.59. The van der Waals surface area contributed by atoms with Crippen LogP contribution in [0.3, 0.4) is 0 Å². The normalized spacial score (nSPS) is 17.4. The van der Waals surface area contributed by atoms with Gasteiger partial charge in [-0.25, -0.2) is 9.97 Å². The zero-order valence-electron chi connectivity index (χ0n) is 21.5. The van der Waals surface area contributed by atoms with Crippen LogP contribution in [0.2, 0.25) is 0 Å². The number of rotatable bonds is 17. The Kier molecular flexibility index (Phi) is 12.0. The van der Waals surface area contributed by atoms with Gasteiger partial charge in [-0.1, -0.05) is 122 Å². The highest BCUT2D eigenvalue weighted by atomic mass is 14.9. The Labute approximate surface area is 204 Å². The lowest BCUT2D eigenvalue weighted by molar-refractivity contribution is 0.424. The van der Waals surface area contributed by atoms with Crippen molar-refractivity contribution in [3.8, 4) is 0 Å². The van der Waals surface area contributed by atoms with E-state index in [1.807, 2.05) is 0 Å². The molecular weight excluding hydrogens is 400 g/mol. The predicted octanol–water partition coefficient (Wildman–Crippen LogP) is 9.21. The average Bonchev–Trinajstić information content (AvgIpc) is 3.21. The highest BCUT2D eigenvalue weighted by Crippen LogP contribution is 2.43. The number of hydrogen-bond donors (Lipinski definition) is 0. The van der Waals surface area contributed by atoms with Crippen LogP contribution >= 0.6 is 0 Å². The fourth-order valence-corrected chi connectivity index (χ4v) is 5.60. The summed E-state index contributed by atoms with van der Waals surface area (Å²) >= 11 is 0. The number of aryl methyl sites for hydroxylation is 1. The lowest BCUT2D eigenvalue weighted by Gasteiger charge is -2.19. The lowest BCUT2D eigenvalue weighted by Crippen LogP contribution is -2.13. The number of fused-ring (bicyclic) bond motifs is 1. The van der Waals surface area contributed by atoms with Crippen LogP contribution in [0.25, 0.3) is 0 Å². The summed E-state index contributed by atoms with van der Waals surface area (Å²) in [7, 11) is 0. The SMILES string of the molecule is CCCCCCCCCCc1cnc(C2c3ccccc3CC2CCCCCCCC)nc1. The van der Waals surface area contributed by atoms with Crippen LogP contribution in [0.15, 0.2) is 36.7 Å². The number of nitrogens with zero attached hydrogens (tertiary/aromatic N) is 2. The molecule has 1 aromatic carbocycles. The van der Waals surface area contributed by atoms with Crippen molar-refractivity contribution in [2.24, 2.45) is 5.92 Å². The molecule has 0 saturated carbocycles. The highest BCUT2D eigenvalue weighted by Gasteiger charge is 2.34. The monoisotopic (exact) mass is 448 g/mol. The Morgan fingerprint density at radius 1 is 0.697 bits per heavy atom. The van der Waals surface area contributed by atoms with Crippen LogP contribution in [-0.2, 0) is 12.8 Å². The minimum Gasteiger partial charge on any atom is -0.240 e. The first-order valence-electron chi connectivity index (χ1n) is 14.2. The van der Waals surface area contributed by atoms with E-state index in [4.69, 9.17) is 9.97 Å². The van der Waals surface area contributed by atoms with Crippen LogP contribution < -0.4 is 0 Å². The maximum atomic E-state index is 4.92. The molecule has 1 aromatic heterocycles. The summed E-state index contributed by atoms with van der Waals surface area (Å²) in [5, 5.41) is 0. The van der Waals surface area contributed by atoms with Crippen molar-refractivity contribution in [3.63, 3.8) is 0 Å². The molecule has 0 spiro atoms. The average molecular weight is 449 g/mol. The molecule has 2 unspecified atom stereocenters. The van der Waals surface area contributed by atoms with Gasteiger partial charge >= 0.3 is 0 Å². The third kappa shape index (κ3) is 8.54. The molecule has 2 atom stereocenters. The molecule has 0 amide bonds. The minimum atomic E-state index is 0.383. The molecule has 0 saturated heterocycles. The molecule has 0 radical (unpaired) electrons. The summed E-state index contributed by atoms with van der Waals surface area (Å²) < 4.78 is 0.